The monoisotopic (exact) mass is 185 g/mol. The second-order valence-corrected chi connectivity index (χ2v) is 4.08. The molecule has 0 saturated carbocycles. The third kappa shape index (κ3) is 2.08. The third-order valence-corrected chi connectivity index (χ3v) is 1.58. The lowest BCUT2D eigenvalue weighted by Gasteiger charge is -2.16. The summed E-state index contributed by atoms with van der Waals surface area (Å²) >= 11 is 5.73. The molecular weight excluding hydrogens is 174 g/mol. The summed E-state index contributed by atoms with van der Waals surface area (Å²) in [5.74, 6) is 1.09. The molecule has 0 atom stereocenters. The molecule has 1 aromatic rings. The molecule has 1 rings (SSSR count). The molecule has 4 heteroatoms. The fraction of sp³-hybridized carbons (Fsp3) is 0.500. The third-order valence-electron chi connectivity index (χ3n) is 1.39. The van der Waals surface area contributed by atoms with E-state index in [1.54, 1.807) is 0 Å². The molecule has 0 aliphatic heterocycles. The molecule has 1 aromatic heterocycles. The van der Waals surface area contributed by atoms with Gasteiger partial charge in [-0.05, 0) is 0 Å². The van der Waals surface area contributed by atoms with E-state index in [0.29, 0.717) is 16.8 Å². The minimum absolute atomic E-state index is 0.112. The molecular formula is C8H12ClN3. The lowest BCUT2D eigenvalue weighted by Crippen LogP contribution is -2.16. The van der Waals surface area contributed by atoms with Gasteiger partial charge in [-0.15, -0.1) is 0 Å². The summed E-state index contributed by atoms with van der Waals surface area (Å²) < 4.78 is 0. The van der Waals surface area contributed by atoms with E-state index in [9.17, 15) is 0 Å². The molecule has 0 radical (unpaired) electrons. The van der Waals surface area contributed by atoms with Crippen LogP contribution in [0.1, 0.15) is 26.6 Å². The van der Waals surface area contributed by atoms with E-state index >= 15 is 0 Å². The smallest absolute Gasteiger partial charge is 0.137 e. The van der Waals surface area contributed by atoms with E-state index in [2.05, 4.69) is 9.97 Å². The Kier molecular flexibility index (Phi) is 2.24. The van der Waals surface area contributed by atoms with Crippen molar-refractivity contribution >= 4 is 17.4 Å². The Labute approximate surface area is 77.0 Å². The van der Waals surface area contributed by atoms with Gasteiger partial charge in [-0.1, -0.05) is 32.4 Å². The van der Waals surface area contributed by atoms with Crippen LogP contribution in [0.25, 0.3) is 0 Å². The maximum Gasteiger partial charge on any atom is 0.137 e. The predicted octanol–water partition coefficient (Wildman–Crippen LogP) is 2.01. The average Bonchev–Trinajstić information content (AvgIpc) is 1.82. The van der Waals surface area contributed by atoms with Crippen molar-refractivity contribution in [3.63, 3.8) is 0 Å². The number of nitrogens with two attached hydrogens (primary N) is 1. The molecule has 0 amide bonds. The molecule has 0 aromatic carbocycles. The number of aromatic nitrogens is 2. The van der Waals surface area contributed by atoms with Crippen molar-refractivity contribution in [3.8, 4) is 0 Å². The van der Waals surface area contributed by atoms with Crippen LogP contribution in [0, 0.1) is 0 Å². The van der Waals surface area contributed by atoms with Gasteiger partial charge in [-0.3, -0.25) is 0 Å². The van der Waals surface area contributed by atoms with Crippen molar-refractivity contribution in [1.29, 1.82) is 0 Å². The van der Waals surface area contributed by atoms with Crippen LogP contribution in [0.3, 0.4) is 0 Å². The fourth-order valence-electron chi connectivity index (χ4n) is 0.770. The SMILES string of the molecule is CC(C)(C)c1nc(N)cc(Cl)n1. The number of hydrogen-bond acceptors (Lipinski definition) is 3. The average molecular weight is 186 g/mol. The van der Waals surface area contributed by atoms with Gasteiger partial charge in [-0.2, -0.15) is 0 Å². The number of nitrogens with zero attached hydrogens (tertiary/aromatic N) is 2. The molecule has 12 heavy (non-hydrogen) atoms. The zero-order chi connectivity index (χ0) is 9.35. The molecule has 0 aliphatic rings. The zero-order valence-electron chi connectivity index (χ0n) is 7.43. The quantitative estimate of drug-likeness (QED) is 0.630. The zero-order valence-corrected chi connectivity index (χ0v) is 8.18. The molecule has 66 valence electrons. The van der Waals surface area contributed by atoms with E-state index in [0.717, 1.165) is 0 Å². The van der Waals surface area contributed by atoms with Gasteiger partial charge in [0.2, 0.25) is 0 Å². The van der Waals surface area contributed by atoms with Crippen molar-refractivity contribution in [2.24, 2.45) is 0 Å². The summed E-state index contributed by atoms with van der Waals surface area (Å²) in [6.07, 6.45) is 0. The molecule has 1 heterocycles. The minimum Gasteiger partial charge on any atom is -0.384 e. The van der Waals surface area contributed by atoms with Crippen LogP contribution in [0.5, 0.6) is 0 Å². The number of anilines is 1. The van der Waals surface area contributed by atoms with Crippen LogP contribution >= 0.6 is 11.6 Å². The van der Waals surface area contributed by atoms with Crippen LogP contribution in [0.2, 0.25) is 5.15 Å². The Hall–Kier alpha value is -0.830. The fourth-order valence-corrected chi connectivity index (χ4v) is 0.962. The van der Waals surface area contributed by atoms with E-state index in [1.807, 2.05) is 20.8 Å². The van der Waals surface area contributed by atoms with Crippen LogP contribution in [-0.2, 0) is 5.41 Å². The van der Waals surface area contributed by atoms with Crippen molar-refractivity contribution in [2.45, 2.75) is 26.2 Å². The van der Waals surface area contributed by atoms with Gasteiger partial charge in [0.1, 0.15) is 16.8 Å². The summed E-state index contributed by atoms with van der Waals surface area (Å²) in [7, 11) is 0. The lowest BCUT2D eigenvalue weighted by molar-refractivity contribution is 0.546. The number of hydrogen-bond donors (Lipinski definition) is 1. The second-order valence-electron chi connectivity index (χ2n) is 3.69. The van der Waals surface area contributed by atoms with Crippen LogP contribution in [0.15, 0.2) is 6.07 Å². The molecule has 0 fully saturated rings. The maximum atomic E-state index is 5.73. The van der Waals surface area contributed by atoms with Gasteiger partial charge in [0.05, 0.1) is 0 Å². The van der Waals surface area contributed by atoms with Crippen molar-refractivity contribution in [3.05, 3.63) is 17.0 Å². The Morgan fingerprint density at radius 1 is 1.33 bits per heavy atom. The number of nitrogen functional groups attached to an aromatic ring is 1. The largest absolute Gasteiger partial charge is 0.384 e. The van der Waals surface area contributed by atoms with Crippen LogP contribution in [-0.4, -0.2) is 9.97 Å². The summed E-state index contributed by atoms with van der Waals surface area (Å²) in [5, 5.41) is 0.396. The Balaban J connectivity index is 3.18. The lowest BCUT2D eigenvalue weighted by atomic mass is 9.96. The Morgan fingerprint density at radius 2 is 1.92 bits per heavy atom. The first-order valence-corrected chi connectivity index (χ1v) is 4.08. The maximum absolute atomic E-state index is 5.73. The first kappa shape index (κ1) is 9.26. The van der Waals surface area contributed by atoms with E-state index < -0.39 is 0 Å². The summed E-state index contributed by atoms with van der Waals surface area (Å²) in [4.78, 5) is 8.17. The van der Waals surface area contributed by atoms with Crippen molar-refractivity contribution in [1.82, 2.24) is 9.97 Å². The summed E-state index contributed by atoms with van der Waals surface area (Å²) in [6, 6.07) is 1.54. The molecule has 2 N–H and O–H groups in total. The Morgan fingerprint density at radius 3 is 2.33 bits per heavy atom. The standard InChI is InChI=1S/C8H12ClN3/c1-8(2,3)7-11-5(9)4-6(10)12-7/h4H,1-3H3,(H2,10,11,12). The van der Waals surface area contributed by atoms with Gasteiger partial charge in [0, 0.05) is 11.5 Å². The second kappa shape index (κ2) is 2.90. The minimum atomic E-state index is -0.112. The predicted molar refractivity (Wildman–Crippen MR) is 50.2 cm³/mol. The highest BCUT2D eigenvalue weighted by Crippen LogP contribution is 2.20. The molecule has 0 aliphatic carbocycles. The number of halogens is 1. The molecule has 0 unspecified atom stereocenters. The van der Waals surface area contributed by atoms with E-state index in [1.165, 1.54) is 6.07 Å². The first-order valence-electron chi connectivity index (χ1n) is 3.70. The van der Waals surface area contributed by atoms with Gasteiger partial charge in [-0.25, -0.2) is 9.97 Å². The van der Waals surface area contributed by atoms with Crippen molar-refractivity contribution in [2.75, 3.05) is 5.73 Å². The highest BCUT2D eigenvalue weighted by Gasteiger charge is 2.17. The van der Waals surface area contributed by atoms with Gasteiger partial charge < -0.3 is 5.73 Å². The molecule has 0 saturated heterocycles. The van der Waals surface area contributed by atoms with Crippen LogP contribution in [0.4, 0.5) is 5.82 Å². The topological polar surface area (TPSA) is 51.8 Å². The van der Waals surface area contributed by atoms with Gasteiger partial charge in [0.25, 0.3) is 0 Å². The highest BCUT2D eigenvalue weighted by molar-refractivity contribution is 6.29. The number of rotatable bonds is 0. The molecule has 0 spiro atoms. The van der Waals surface area contributed by atoms with E-state index in [4.69, 9.17) is 17.3 Å². The summed E-state index contributed by atoms with van der Waals surface area (Å²) in [5.41, 5.74) is 5.41. The van der Waals surface area contributed by atoms with E-state index in [-0.39, 0.29) is 5.41 Å². The first-order chi connectivity index (χ1) is 5.39. The molecule has 3 nitrogen and oxygen atoms in total. The van der Waals surface area contributed by atoms with Gasteiger partial charge >= 0.3 is 0 Å². The van der Waals surface area contributed by atoms with Crippen molar-refractivity contribution < 1.29 is 0 Å². The highest BCUT2D eigenvalue weighted by atomic mass is 35.5. The normalized spacial score (nSPS) is 11.7. The van der Waals surface area contributed by atoms with Gasteiger partial charge in [0.15, 0.2) is 0 Å². The van der Waals surface area contributed by atoms with Crippen LogP contribution < -0.4 is 5.73 Å². The molecule has 0 bridgehead atoms. The summed E-state index contributed by atoms with van der Waals surface area (Å²) in [6.45, 7) is 6.04. The Bertz CT molecular complexity index is 271.